The fourth-order valence-electron chi connectivity index (χ4n) is 2.13. The van der Waals surface area contributed by atoms with E-state index in [2.05, 4.69) is 11.4 Å². The Hall–Kier alpha value is -1.92. The highest BCUT2D eigenvalue weighted by molar-refractivity contribution is 6.30. The Morgan fingerprint density at radius 2 is 2.05 bits per heavy atom. The van der Waals surface area contributed by atoms with Crippen LogP contribution in [-0.2, 0) is 0 Å². The van der Waals surface area contributed by atoms with Crippen LogP contribution in [0.1, 0.15) is 35.6 Å². The minimum Gasteiger partial charge on any atom is -0.466 e. The standard InChI is InChI=1S/C15H15ClN2O/c1-9-6-14(11(3)19-9)10(2)18-15-5-4-13(16)7-12(15)8-17/h4-7,10,18H,1-3H3. The molecule has 1 unspecified atom stereocenters. The molecule has 0 radical (unpaired) electrons. The van der Waals surface area contributed by atoms with Crippen LogP contribution in [0.15, 0.2) is 28.7 Å². The molecular formula is C15H15ClN2O. The van der Waals surface area contributed by atoms with Crippen molar-refractivity contribution in [3.05, 3.63) is 51.9 Å². The second-order valence-electron chi connectivity index (χ2n) is 4.54. The molecule has 4 heteroatoms. The minimum atomic E-state index is 0.0609. The van der Waals surface area contributed by atoms with E-state index >= 15 is 0 Å². The Bertz CT molecular complexity index is 640. The monoisotopic (exact) mass is 274 g/mol. The zero-order valence-electron chi connectivity index (χ0n) is 11.1. The number of nitrogens with zero attached hydrogens (tertiary/aromatic N) is 1. The fourth-order valence-corrected chi connectivity index (χ4v) is 2.30. The van der Waals surface area contributed by atoms with Crippen LogP contribution in [-0.4, -0.2) is 0 Å². The van der Waals surface area contributed by atoms with Gasteiger partial charge in [0.15, 0.2) is 0 Å². The number of furan rings is 1. The number of nitrogens with one attached hydrogen (secondary N) is 1. The Morgan fingerprint density at radius 3 is 2.63 bits per heavy atom. The van der Waals surface area contributed by atoms with Crippen LogP contribution in [0.5, 0.6) is 0 Å². The van der Waals surface area contributed by atoms with Crippen molar-refractivity contribution in [1.82, 2.24) is 0 Å². The van der Waals surface area contributed by atoms with Crippen molar-refractivity contribution in [2.45, 2.75) is 26.8 Å². The molecule has 19 heavy (non-hydrogen) atoms. The third-order valence-corrected chi connectivity index (χ3v) is 3.26. The van der Waals surface area contributed by atoms with E-state index in [9.17, 15) is 0 Å². The van der Waals surface area contributed by atoms with Crippen LogP contribution in [0.2, 0.25) is 5.02 Å². The van der Waals surface area contributed by atoms with Gasteiger partial charge in [-0.25, -0.2) is 0 Å². The topological polar surface area (TPSA) is 49.0 Å². The van der Waals surface area contributed by atoms with E-state index < -0.39 is 0 Å². The number of aryl methyl sites for hydroxylation is 2. The summed E-state index contributed by atoms with van der Waals surface area (Å²) in [6, 6.07) is 9.46. The van der Waals surface area contributed by atoms with Crippen LogP contribution in [0, 0.1) is 25.2 Å². The van der Waals surface area contributed by atoms with E-state index in [0.717, 1.165) is 22.8 Å². The van der Waals surface area contributed by atoms with Crippen LogP contribution < -0.4 is 5.32 Å². The largest absolute Gasteiger partial charge is 0.466 e. The average molecular weight is 275 g/mol. The lowest BCUT2D eigenvalue weighted by atomic mass is 10.1. The summed E-state index contributed by atoms with van der Waals surface area (Å²) in [5.74, 6) is 1.78. The molecule has 2 rings (SSSR count). The number of hydrogen-bond acceptors (Lipinski definition) is 3. The Balaban J connectivity index is 2.27. The second kappa shape index (κ2) is 5.38. The van der Waals surface area contributed by atoms with E-state index in [1.807, 2.05) is 32.9 Å². The highest BCUT2D eigenvalue weighted by atomic mass is 35.5. The second-order valence-corrected chi connectivity index (χ2v) is 4.97. The van der Waals surface area contributed by atoms with Gasteiger partial charge in [-0.1, -0.05) is 11.6 Å². The molecule has 2 aromatic rings. The number of nitriles is 1. The lowest BCUT2D eigenvalue weighted by Crippen LogP contribution is -2.08. The molecule has 0 bridgehead atoms. The van der Waals surface area contributed by atoms with Crippen molar-refractivity contribution in [2.75, 3.05) is 5.32 Å². The van der Waals surface area contributed by atoms with Crippen LogP contribution >= 0.6 is 11.6 Å². The first-order valence-corrected chi connectivity index (χ1v) is 6.42. The molecule has 0 spiro atoms. The lowest BCUT2D eigenvalue weighted by molar-refractivity contribution is 0.500. The predicted molar refractivity (Wildman–Crippen MR) is 76.4 cm³/mol. The van der Waals surface area contributed by atoms with Gasteiger partial charge in [-0.2, -0.15) is 5.26 Å². The van der Waals surface area contributed by atoms with Gasteiger partial charge in [0.05, 0.1) is 17.3 Å². The fraction of sp³-hybridized carbons (Fsp3) is 0.267. The summed E-state index contributed by atoms with van der Waals surface area (Å²) in [7, 11) is 0. The molecular weight excluding hydrogens is 260 g/mol. The van der Waals surface area contributed by atoms with Gasteiger partial charge in [0, 0.05) is 10.6 Å². The molecule has 0 saturated carbocycles. The van der Waals surface area contributed by atoms with Crippen LogP contribution in [0.3, 0.4) is 0 Å². The number of rotatable bonds is 3. The summed E-state index contributed by atoms with van der Waals surface area (Å²) in [5, 5.41) is 13.0. The highest BCUT2D eigenvalue weighted by Gasteiger charge is 2.14. The molecule has 1 aromatic carbocycles. The maximum Gasteiger partial charge on any atom is 0.106 e. The maximum atomic E-state index is 9.12. The number of halogens is 1. The molecule has 0 amide bonds. The summed E-state index contributed by atoms with van der Waals surface area (Å²) in [4.78, 5) is 0. The van der Waals surface area contributed by atoms with Gasteiger partial charge in [-0.3, -0.25) is 0 Å². The Kier molecular flexibility index (Phi) is 3.82. The third kappa shape index (κ3) is 2.91. The summed E-state index contributed by atoms with van der Waals surface area (Å²) < 4.78 is 5.52. The zero-order chi connectivity index (χ0) is 14.0. The highest BCUT2D eigenvalue weighted by Crippen LogP contribution is 2.27. The molecule has 98 valence electrons. The molecule has 0 saturated heterocycles. The van der Waals surface area contributed by atoms with E-state index in [4.69, 9.17) is 21.3 Å². The van der Waals surface area contributed by atoms with Gasteiger partial charge in [0.1, 0.15) is 17.6 Å². The van der Waals surface area contributed by atoms with E-state index in [1.54, 1.807) is 12.1 Å². The van der Waals surface area contributed by atoms with Gasteiger partial charge in [-0.15, -0.1) is 0 Å². The Morgan fingerprint density at radius 1 is 1.32 bits per heavy atom. The normalized spacial score (nSPS) is 11.9. The molecule has 1 aromatic heterocycles. The maximum absolute atomic E-state index is 9.12. The molecule has 0 fully saturated rings. The summed E-state index contributed by atoms with van der Waals surface area (Å²) >= 11 is 5.88. The van der Waals surface area contributed by atoms with Gasteiger partial charge in [0.2, 0.25) is 0 Å². The quantitative estimate of drug-likeness (QED) is 0.890. The van der Waals surface area contributed by atoms with E-state index in [1.165, 1.54) is 0 Å². The van der Waals surface area contributed by atoms with Crippen molar-refractivity contribution in [1.29, 1.82) is 5.26 Å². The van der Waals surface area contributed by atoms with E-state index in [0.29, 0.717) is 10.6 Å². The van der Waals surface area contributed by atoms with Crippen molar-refractivity contribution in [2.24, 2.45) is 0 Å². The van der Waals surface area contributed by atoms with Crippen molar-refractivity contribution in [3.8, 4) is 6.07 Å². The van der Waals surface area contributed by atoms with Crippen molar-refractivity contribution < 1.29 is 4.42 Å². The number of hydrogen-bond donors (Lipinski definition) is 1. The van der Waals surface area contributed by atoms with Gasteiger partial charge in [0.25, 0.3) is 0 Å². The Labute approximate surface area is 117 Å². The molecule has 1 N–H and O–H groups in total. The summed E-state index contributed by atoms with van der Waals surface area (Å²) in [6.07, 6.45) is 0. The first-order valence-electron chi connectivity index (χ1n) is 6.04. The molecule has 0 aliphatic rings. The SMILES string of the molecule is Cc1cc(C(C)Nc2ccc(Cl)cc2C#N)c(C)o1. The van der Waals surface area contributed by atoms with Crippen LogP contribution in [0.4, 0.5) is 5.69 Å². The first kappa shape index (κ1) is 13.5. The smallest absolute Gasteiger partial charge is 0.106 e. The van der Waals surface area contributed by atoms with Crippen LogP contribution in [0.25, 0.3) is 0 Å². The molecule has 0 aliphatic carbocycles. The van der Waals surface area contributed by atoms with Gasteiger partial charge >= 0.3 is 0 Å². The molecule has 0 aliphatic heterocycles. The third-order valence-electron chi connectivity index (χ3n) is 3.02. The van der Waals surface area contributed by atoms with Gasteiger partial charge in [-0.05, 0) is 45.0 Å². The number of benzene rings is 1. The summed E-state index contributed by atoms with van der Waals surface area (Å²) in [5.41, 5.74) is 2.41. The van der Waals surface area contributed by atoms with Gasteiger partial charge < -0.3 is 9.73 Å². The molecule has 3 nitrogen and oxygen atoms in total. The summed E-state index contributed by atoms with van der Waals surface area (Å²) in [6.45, 7) is 5.90. The van der Waals surface area contributed by atoms with E-state index in [-0.39, 0.29) is 6.04 Å². The zero-order valence-corrected chi connectivity index (χ0v) is 11.9. The predicted octanol–water partition coefficient (Wildman–Crippen LogP) is 4.59. The minimum absolute atomic E-state index is 0.0609. The number of anilines is 1. The first-order chi connectivity index (χ1) is 9.01. The molecule has 1 atom stereocenters. The lowest BCUT2D eigenvalue weighted by Gasteiger charge is -2.15. The average Bonchev–Trinajstić information content (AvgIpc) is 2.70. The van der Waals surface area contributed by atoms with Crippen molar-refractivity contribution in [3.63, 3.8) is 0 Å². The van der Waals surface area contributed by atoms with Crippen molar-refractivity contribution >= 4 is 17.3 Å². The molecule has 1 heterocycles.